The third kappa shape index (κ3) is 2.35. The van der Waals surface area contributed by atoms with E-state index >= 15 is 0 Å². The molecule has 114 valence electrons. The van der Waals surface area contributed by atoms with Gasteiger partial charge in [0.15, 0.2) is 5.82 Å². The van der Waals surface area contributed by atoms with Crippen LogP contribution in [-0.2, 0) is 4.94 Å². The molecule has 0 aromatic carbocycles. The Morgan fingerprint density at radius 2 is 2.17 bits per heavy atom. The Morgan fingerprint density at radius 3 is 3.04 bits per heavy atom. The molecule has 0 unspecified atom stereocenters. The molecule has 7 nitrogen and oxygen atoms in total. The number of hydrogen-bond donors (Lipinski definition) is 2. The number of aromatic amines is 1. The third-order valence-electron chi connectivity index (χ3n) is 3.48. The van der Waals surface area contributed by atoms with E-state index in [9.17, 15) is 9.32 Å². The second-order valence-corrected chi connectivity index (χ2v) is 4.94. The van der Waals surface area contributed by atoms with Crippen LogP contribution in [0.2, 0.25) is 0 Å². The summed E-state index contributed by atoms with van der Waals surface area (Å²) in [6.45, 7) is 0. The first-order chi connectivity index (χ1) is 11.2. The van der Waals surface area contributed by atoms with Crippen molar-refractivity contribution >= 4 is 28.6 Å². The van der Waals surface area contributed by atoms with Gasteiger partial charge in [0.25, 0.3) is 0 Å². The van der Waals surface area contributed by atoms with Gasteiger partial charge in [0.2, 0.25) is 0 Å². The fourth-order valence-corrected chi connectivity index (χ4v) is 2.44. The summed E-state index contributed by atoms with van der Waals surface area (Å²) < 4.78 is 13.5. The molecule has 1 amide bonds. The number of nitrogens with one attached hydrogen (secondary N) is 2. The fraction of sp³-hybridized carbons (Fsp3) is 0. The Morgan fingerprint density at radius 1 is 1.26 bits per heavy atom. The van der Waals surface area contributed by atoms with Crippen LogP contribution < -0.4 is 5.32 Å². The average molecular weight is 311 g/mol. The topological polar surface area (TPSA) is 84.3 Å². The SMILES string of the molecule is O=C(Nc1cn2cc(-c3cnc4[nH]ccc4c3)ccc2n1)OF. The lowest BCUT2D eigenvalue weighted by atomic mass is 10.1. The Balaban J connectivity index is 1.74. The molecule has 0 radical (unpaired) electrons. The Kier molecular flexibility index (Phi) is 2.94. The first kappa shape index (κ1) is 13.3. The van der Waals surface area contributed by atoms with Crippen LogP contribution in [0.15, 0.2) is 49.1 Å². The van der Waals surface area contributed by atoms with Crippen LogP contribution in [0.5, 0.6) is 0 Å². The van der Waals surface area contributed by atoms with Crippen LogP contribution in [0.4, 0.5) is 15.1 Å². The molecule has 0 bridgehead atoms. The number of halogens is 1. The third-order valence-corrected chi connectivity index (χ3v) is 3.48. The van der Waals surface area contributed by atoms with Crippen molar-refractivity contribution in [3.05, 3.63) is 49.1 Å². The summed E-state index contributed by atoms with van der Waals surface area (Å²) in [6.07, 6.45) is 5.82. The van der Waals surface area contributed by atoms with Gasteiger partial charge in [-0.2, -0.15) is 0 Å². The molecule has 0 saturated carbocycles. The highest BCUT2D eigenvalue weighted by molar-refractivity contribution is 5.84. The number of anilines is 1. The van der Waals surface area contributed by atoms with Gasteiger partial charge in [0, 0.05) is 39.6 Å². The summed E-state index contributed by atoms with van der Waals surface area (Å²) in [6, 6.07) is 7.67. The maximum absolute atomic E-state index is 11.8. The van der Waals surface area contributed by atoms with Gasteiger partial charge in [-0.1, -0.05) is 0 Å². The van der Waals surface area contributed by atoms with E-state index in [0.717, 1.165) is 22.2 Å². The number of carbonyl (C=O) groups is 1. The first-order valence-electron chi connectivity index (χ1n) is 6.75. The van der Waals surface area contributed by atoms with Crippen molar-refractivity contribution < 1.29 is 14.3 Å². The highest BCUT2D eigenvalue weighted by atomic mass is 19.3. The summed E-state index contributed by atoms with van der Waals surface area (Å²) >= 11 is 0. The molecule has 4 rings (SSSR count). The summed E-state index contributed by atoms with van der Waals surface area (Å²) in [5.74, 6) is 0.198. The van der Waals surface area contributed by atoms with Gasteiger partial charge in [0.1, 0.15) is 11.3 Å². The van der Waals surface area contributed by atoms with Crippen LogP contribution >= 0.6 is 0 Å². The van der Waals surface area contributed by atoms with E-state index in [4.69, 9.17) is 0 Å². The molecule has 23 heavy (non-hydrogen) atoms. The number of hydrogen-bond acceptors (Lipinski definition) is 4. The molecule has 2 N–H and O–H groups in total. The van der Waals surface area contributed by atoms with Gasteiger partial charge >= 0.3 is 6.09 Å². The van der Waals surface area contributed by atoms with Crippen LogP contribution in [0.25, 0.3) is 27.8 Å². The largest absolute Gasteiger partial charge is 0.450 e. The number of pyridine rings is 2. The standard InChI is InChI=1S/C15H10FN5O2/c16-23-15(22)20-12-8-21-7-10(1-2-13(21)19-12)11-5-9-3-4-17-14(9)18-6-11/h1-8H,(H,17,18)(H,20,22). The minimum atomic E-state index is -1.21. The molecule has 0 saturated heterocycles. The second-order valence-electron chi connectivity index (χ2n) is 4.94. The van der Waals surface area contributed by atoms with E-state index in [1.54, 1.807) is 22.9 Å². The van der Waals surface area contributed by atoms with Crippen molar-refractivity contribution in [2.45, 2.75) is 0 Å². The number of imidazole rings is 1. The summed E-state index contributed by atoms with van der Waals surface area (Å²) in [7, 11) is 0. The lowest BCUT2D eigenvalue weighted by Crippen LogP contribution is -2.09. The van der Waals surface area contributed by atoms with E-state index in [0.29, 0.717) is 5.65 Å². The number of aromatic nitrogens is 4. The summed E-state index contributed by atoms with van der Waals surface area (Å²) in [4.78, 5) is 25.5. The maximum atomic E-state index is 11.8. The van der Waals surface area contributed by atoms with Gasteiger partial charge in [0.05, 0.1) is 6.20 Å². The molecule has 0 aliphatic heterocycles. The predicted molar refractivity (Wildman–Crippen MR) is 81.5 cm³/mol. The number of rotatable bonds is 2. The van der Waals surface area contributed by atoms with Crippen molar-refractivity contribution in [1.29, 1.82) is 0 Å². The first-order valence-corrected chi connectivity index (χ1v) is 6.75. The normalized spacial score (nSPS) is 11.0. The van der Waals surface area contributed by atoms with Crippen molar-refractivity contribution in [3.8, 4) is 11.1 Å². The van der Waals surface area contributed by atoms with Gasteiger partial charge in [-0.15, -0.1) is 0 Å². The minimum Gasteiger partial charge on any atom is -0.346 e. The molecule has 0 fully saturated rings. The second kappa shape index (κ2) is 5.09. The van der Waals surface area contributed by atoms with Crippen LogP contribution in [0, 0.1) is 0 Å². The number of H-pyrrole nitrogens is 1. The van der Waals surface area contributed by atoms with Crippen molar-refractivity contribution in [1.82, 2.24) is 19.4 Å². The summed E-state index contributed by atoms with van der Waals surface area (Å²) in [5.41, 5.74) is 3.32. The van der Waals surface area contributed by atoms with E-state index in [-0.39, 0.29) is 5.82 Å². The minimum absolute atomic E-state index is 0.198. The molecular weight excluding hydrogens is 301 g/mol. The monoisotopic (exact) mass is 311 g/mol. The Labute approximate surface area is 128 Å². The highest BCUT2D eigenvalue weighted by Crippen LogP contribution is 2.23. The molecule has 4 aromatic heterocycles. The molecule has 0 aliphatic rings. The lowest BCUT2D eigenvalue weighted by Gasteiger charge is -2.02. The zero-order chi connectivity index (χ0) is 15.8. The molecular formula is C15H10FN5O2. The van der Waals surface area contributed by atoms with Gasteiger partial charge in [-0.25, -0.2) is 19.7 Å². The maximum Gasteiger partial charge on any atom is 0.450 e. The Bertz CT molecular complexity index is 1020. The number of carbonyl (C=O) groups excluding carboxylic acids is 1. The van der Waals surface area contributed by atoms with E-state index < -0.39 is 6.09 Å². The quantitative estimate of drug-likeness (QED) is 0.595. The molecule has 0 spiro atoms. The van der Waals surface area contributed by atoms with Crippen molar-refractivity contribution in [2.24, 2.45) is 0 Å². The summed E-state index contributed by atoms with van der Waals surface area (Å²) in [5, 5.41) is 3.19. The van der Waals surface area contributed by atoms with Crippen LogP contribution in [0.3, 0.4) is 0 Å². The smallest absolute Gasteiger partial charge is 0.346 e. The number of fused-ring (bicyclic) bond motifs is 2. The predicted octanol–water partition coefficient (Wildman–Crippen LogP) is 3.31. The van der Waals surface area contributed by atoms with Gasteiger partial charge in [-0.3, -0.25) is 5.32 Å². The molecule has 4 aromatic rings. The van der Waals surface area contributed by atoms with Crippen LogP contribution in [-0.4, -0.2) is 25.4 Å². The highest BCUT2D eigenvalue weighted by Gasteiger charge is 2.09. The molecule has 0 aliphatic carbocycles. The fourth-order valence-electron chi connectivity index (χ4n) is 2.44. The van der Waals surface area contributed by atoms with Crippen molar-refractivity contribution in [3.63, 3.8) is 0 Å². The van der Waals surface area contributed by atoms with Crippen molar-refractivity contribution in [2.75, 3.05) is 5.32 Å². The zero-order valence-corrected chi connectivity index (χ0v) is 11.7. The molecule has 4 heterocycles. The lowest BCUT2D eigenvalue weighted by molar-refractivity contribution is -0.0544. The van der Waals surface area contributed by atoms with Crippen LogP contribution in [0.1, 0.15) is 0 Å². The van der Waals surface area contributed by atoms with Gasteiger partial charge < -0.3 is 9.38 Å². The molecule has 8 heteroatoms. The zero-order valence-electron chi connectivity index (χ0n) is 11.7. The van der Waals surface area contributed by atoms with E-state index in [2.05, 4.69) is 25.2 Å². The number of amides is 1. The number of nitrogens with zero attached hydrogens (tertiary/aromatic N) is 3. The van der Waals surface area contributed by atoms with E-state index in [1.165, 1.54) is 0 Å². The Hall–Kier alpha value is -3.42. The van der Waals surface area contributed by atoms with Gasteiger partial charge in [-0.05, 0) is 24.3 Å². The molecule has 0 atom stereocenters. The average Bonchev–Trinajstić information content (AvgIpc) is 3.18. The van der Waals surface area contributed by atoms with E-state index in [1.807, 2.05) is 30.6 Å².